The van der Waals surface area contributed by atoms with E-state index in [1.165, 1.54) is 25.7 Å². The molecule has 0 bridgehead atoms. The molecule has 1 aliphatic heterocycles. The third-order valence-corrected chi connectivity index (χ3v) is 8.00. The summed E-state index contributed by atoms with van der Waals surface area (Å²) in [5, 5.41) is 10.4. The van der Waals surface area contributed by atoms with E-state index in [0.29, 0.717) is 12.4 Å². The molecular formula is C20H28N4O2S2. The van der Waals surface area contributed by atoms with Gasteiger partial charge in [-0.1, -0.05) is 44.9 Å². The van der Waals surface area contributed by atoms with Gasteiger partial charge < -0.3 is 4.74 Å². The lowest BCUT2D eigenvalue weighted by molar-refractivity contribution is -0.0543. The van der Waals surface area contributed by atoms with Crippen molar-refractivity contribution in [3.8, 4) is 0 Å². The zero-order valence-corrected chi connectivity index (χ0v) is 18.7. The molecule has 0 aromatic carbocycles. The quantitative estimate of drug-likeness (QED) is 0.414. The number of hydrogen-bond acceptors (Lipinski definition) is 6. The van der Waals surface area contributed by atoms with Crippen LogP contribution in [0, 0.1) is 0 Å². The molecular weight excluding hydrogens is 392 g/mol. The van der Waals surface area contributed by atoms with E-state index in [-0.39, 0.29) is 11.2 Å². The lowest BCUT2D eigenvalue weighted by Crippen LogP contribution is -2.34. The van der Waals surface area contributed by atoms with Crippen LogP contribution in [0.15, 0.2) is 9.95 Å². The summed E-state index contributed by atoms with van der Waals surface area (Å²) in [5.74, 6) is 1.64. The van der Waals surface area contributed by atoms with Gasteiger partial charge in [-0.15, -0.1) is 21.5 Å². The van der Waals surface area contributed by atoms with Crippen molar-refractivity contribution in [3.63, 3.8) is 0 Å². The monoisotopic (exact) mass is 420 g/mol. The normalized spacial score (nSPS) is 19.6. The Labute approximate surface area is 173 Å². The van der Waals surface area contributed by atoms with Gasteiger partial charge in [0.15, 0.2) is 5.16 Å². The van der Waals surface area contributed by atoms with E-state index in [2.05, 4.69) is 35.4 Å². The summed E-state index contributed by atoms with van der Waals surface area (Å²) in [6, 6.07) is 0. The molecule has 1 aliphatic rings. The van der Waals surface area contributed by atoms with Crippen molar-refractivity contribution in [3.05, 3.63) is 20.8 Å². The van der Waals surface area contributed by atoms with Crippen LogP contribution in [0.2, 0.25) is 0 Å². The number of thiophene rings is 1. The van der Waals surface area contributed by atoms with Gasteiger partial charge in [0.05, 0.1) is 17.6 Å². The van der Waals surface area contributed by atoms with Crippen molar-refractivity contribution in [1.82, 2.24) is 19.2 Å². The maximum Gasteiger partial charge on any atom is 0.263 e. The van der Waals surface area contributed by atoms with Gasteiger partial charge in [-0.25, -0.2) is 4.40 Å². The van der Waals surface area contributed by atoms with Gasteiger partial charge in [0.1, 0.15) is 4.83 Å². The van der Waals surface area contributed by atoms with Crippen LogP contribution in [0.25, 0.3) is 16.0 Å². The molecule has 6 nitrogen and oxygen atoms in total. The van der Waals surface area contributed by atoms with E-state index < -0.39 is 0 Å². The third kappa shape index (κ3) is 3.29. The van der Waals surface area contributed by atoms with Crippen LogP contribution in [0.3, 0.4) is 0 Å². The average Bonchev–Trinajstić information content (AvgIpc) is 3.27. The highest BCUT2D eigenvalue weighted by atomic mass is 32.2. The van der Waals surface area contributed by atoms with Crippen LogP contribution in [0.4, 0.5) is 0 Å². The molecule has 3 aromatic rings. The number of ether oxygens (including phenoxy) is 1. The first-order chi connectivity index (χ1) is 13.5. The minimum absolute atomic E-state index is 0.0206. The summed E-state index contributed by atoms with van der Waals surface area (Å²) in [5.41, 5.74) is 0.975. The zero-order valence-electron chi connectivity index (χ0n) is 17.1. The number of fused-ring (bicyclic) bond motifs is 5. The summed E-state index contributed by atoms with van der Waals surface area (Å²) in [6.45, 7) is 7.08. The van der Waals surface area contributed by atoms with Crippen molar-refractivity contribution >= 4 is 39.1 Å². The molecule has 0 radical (unpaired) electrons. The molecule has 0 saturated carbocycles. The minimum Gasteiger partial charge on any atom is -0.369 e. The Balaban J connectivity index is 1.80. The highest BCUT2D eigenvalue weighted by molar-refractivity contribution is 7.99. The molecule has 0 amide bonds. The Hall–Kier alpha value is -1.38. The molecule has 8 heteroatoms. The first-order valence-corrected chi connectivity index (χ1v) is 11.9. The van der Waals surface area contributed by atoms with E-state index >= 15 is 0 Å². The van der Waals surface area contributed by atoms with Gasteiger partial charge in [0.25, 0.3) is 5.56 Å². The van der Waals surface area contributed by atoms with Crippen molar-refractivity contribution in [2.24, 2.45) is 7.05 Å². The van der Waals surface area contributed by atoms with Gasteiger partial charge in [-0.2, -0.15) is 0 Å². The van der Waals surface area contributed by atoms with Gasteiger partial charge in [0, 0.05) is 24.1 Å². The van der Waals surface area contributed by atoms with E-state index in [9.17, 15) is 4.79 Å². The lowest BCUT2D eigenvalue weighted by atomic mass is 9.90. The molecule has 0 fully saturated rings. The number of nitrogens with zero attached hydrogens (tertiary/aromatic N) is 4. The summed E-state index contributed by atoms with van der Waals surface area (Å²) in [6.07, 6.45) is 6.63. The number of hydrogen-bond donors (Lipinski definition) is 0. The van der Waals surface area contributed by atoms with Crippen LogP contribution in [-0.4, -0.2) is 30.5 Å². The summed E-state index contributed by atoms with van der Waals surface area (Å²) >= 11 is 3.40. The largest absolute Gasteiger partial charge is 0.369 e. The Morgan fingerprint density at radius 1 is 1.25 bits per heavy atom. The third-order valence-electron chi connectivity index (χ3n) is 5.79. The van der Waals surface area contributed by atoms with Crippen LogP contribution >= 0.6 is 23.1 Å². The number of unbranched alkanes of at least 4 members (excludes halogenated alkanes) is 3. The number of aromatic nitrogens is 4. The Bertz CT molecular complexity index is 1070. The second-order valence-corrected chi connectivity index (χ2v) is 9.99. The molecule has 0 aliphatic carbocycles. The molecule has 1 atom stereocenters. The summed E-state index contributed by atoms with van der Waals surface area (Å²) in [4.78, 5) is 15.3. The summed E-state index contributed by atoms with van der Waals surface area (Å²) < 4.78 is 9.84. The van der Waals surface area contributed by atoms with E-state index in [4.69, 9.17) is 4.74 Å². The maximum absolute atomic E-state index is 13.2. The van der Waals surface area contributed by atoms with Gasteiger partial charge in [-0.05, 0) is 25.3 Å². The number of aryl methyl sites for hydroxylation is 1. The maximum atomic E-state index is 13.2. The molecule has 4 heterocycles. The molecule has 0 spiro atoms. The predicted molar refractivity (Wildman–Crippen MR) is 116 cm³/mol. The predicted octanol–water partition coefficient (Wildman–Crippen LogP) is 4.56. The fraction of sp³-hybridized carbons (Fsp3) is 0.650. The zero-order chi connectivity index (χ0) is 19.9. The van der Waals surface area contributed by atoms with Crippen molar-refractivity contribution in [2.45, 2.75) is 76.7 Å². The second kappa shape index (κ2) is 7.80. The van der Waals surface area contributed by atoms with Crippen LogP contribution in [0.5, 0.6) is 0 Å². The average molecular weight is 421 g/mol. The molecule has 4 rings (SSSR count). The highest BCUT2D eigenvalue weighted by Crippen LogP contribution is 2.39. The number of thioether (sulfide) groups is 1. The van der Waals surface area contributed by atoms with Crippen molar-refractivity contribution in [1.29, 1.82) is 0 Å². The Morgan fingerprint density at radius 2 is 2.07 bits per heavy atom. The minimum atomic E-state index is -0.203. The first-order valence-electron chi connectivity index (χ1n) is 10.1. The molecule has 152 valence electrons. The van der Waals surface area contributed by atoms with E-state index in [0.717, 1.165) is 44.4 Å². The lowest BCUT2D eigenvalue weighted by Gasteiger charge is -2.32. The van der Waals surface area contributed by atoms with Crippen molar-refractivity contribution < 1.29 is 4.74 Å². The van der Waals surface area contributed by atoms with E-state index in [1.807, 2.05) is 0 Å². The molecule has 0 unspecified atom stereocenters. The fourth-order valence-electron chi connectivity index (χ4n) is 3.77. The van der Waals surface area contributed by atoms with Crippen LogP contribution < -0.4 is 5.56 Å². The molecule has 28 heavy (non-hydrogen) atoms. The SMILES string of the molecule is CCCCCCSc1nnc2n(C)c(=O)c3c4c(sc3n12)CO[C@](C)(CC)C4. The molecule has 3 aromatic heterocycles. The number of rotatable bonds is 7. The standard InChI is InChI=1S/C20H28N4O2S2/c1-5-7-8-9-10-27-19-22-21-18-23(4)16(25)15-13-11-20(3,6-2)26-12-14(13)28-17(15)24(18)19/h5-12H2,1-4H3/t20-/m1/s1. The highest BCUT2D eigenvalue weighted by Gasteiger charge is 2.33. The van der Waals surface area contributed by atoms with Gasteiger partial charge in [0.2, 0.25) is 5.78 Å². The Morgan fingerprint density at radius 3 is 2.82 bits per heavy atom. The van der Waals surface area contributed by atoms with E-state index in [1.54, 1.807) is 34.7 Å². The van der Waals surface area contributed by atoms with Gasteiger partial charge in [-0.3, -0.25) is 9.36 Å². The first kappa shape index (κ1) is 19.9. The van der Waals surface area contributed by atoms with Crippen LogP contribution in [-0.2, 0) is 24.8 Å². The topological polar surface area (TPSA) is 61.4 Å². The smallest absolute Gasteiger partial charge is 0.263 e. The fourth-order valence-corrected chi connectivity index (χ4v) is 5.98. The molecule has 0 saturated heterocycles. The second-order valence-electron chi connectivity index (χ2n) is 7.84. The van der Waals surface area contributed by atoms with Gasteiger partial charge >= 0.3 is 0 Å². The Kier molecular flexibility index (Phi) is 5.55. The van der Waals surface area contributed by atoms with Crippen molar-refractivity contribution in [2.75, 3.05) is 5.75 Å². The molecule has 0 N–H and O–H groups in total. The van der Waals surface area contributed by atoms with Crippen LogP contribution in [0.1, 0.15) is 63.3 Å². The summed E-state index contributed by atoms with van der Waals surface area (Å²) in [7, 11) is 1.80.